The Morgan fingerprint density at radius 2 is 1.57 bits per heavy atom. The standard InChI is InChI=1S/C23H24N2O3/c1-3-25(4-2)19-14-12-18(13-15-19)24-22(26)16-28-23(27)21-11-7-9-17-8-5-6-10-20(17)21/h5-15H,3-4,16H2,1-2H3,(H,24,26). The summed E-state index contributed by atoms with van der Waals surface area (Å²) in [5.41, 5.74) is 2.22. The largest absolute Gasteiger partial charge is 0.452 e. The highest BCUT2D eigenvalue weighted by molar-refractivity contribution is 6.05. The van der Waals surface area contributed by atoms with Crippen LogP contribution in [-0.2, 0) is 9.53 Å². The molecule has 0 fully saturated rings. The van der Waals surface area contributed by atoms with Crippen molar-refractivity contribution in [2.75, 3.05) is 29.9 Å². The van der Waals surface area contributed by atoms with Crippen molar-refractivity contribution < 1.29 is 14.3 Å². The summed E-state index contributed by atoms with van der Waals surface area (Å²) in [6.45, 7) is 5.71. The summed E-state index contributed by atoms with van der Waals surface area (Å²) in [5.74, 6) is -0.881. The third-order valence-corrected chi connectivity index (χ3v) is 4.62. The number of nitrogens with zero attached hydrogens (tertiary/aromatic N) is 1. The quantitative estimate of drug-likeness (QED) is 0.618. The lowest BCUT2D eigenvalue weighted by Crippen LogP contribution is -2.22. The molecule has 0 radical (unpaired) electrons. The molecule has 3 rings (SSSR count). The smallest absolute Gasteiger partial charge is 0.339 e. The van der Waals surface area contributed by atoms with Crippen LogP contribution in [0.25, 0.3) is 10.8 Å². The number of benzene rings is 3. The number of fused-ring (bicyclic) bond motifs is 1. The summed E-state index contributed by atoms with van der Waals surface area (Å²) in [6, 6.07) is 20.6. The van der Waals surface area contributed by atoms with Crippen LogP contribution in [0.5, 0.6) is 0 Å². The molecule has 0 unspecified atom stereocenters. The lowest BCUT2D eigenvalue weighted by atomic mass is 10.1. The number of ether oxygens (including phenoxy) is 1. The van der Waals surface area contributed by atoms with Crippen molar-refractivity contribution in [2.24, 2.45) is 0 Å². The van der Waals surface area contributed by atoms with Crippen LogP contribution in [0.4, 0.5) is 11.4 Å². The average molecular weight is 376 g/mol. The van der Waals surface area contributed by atoms with E-state index in [4.69, 9.17) is 4.74 Å². The van der Waals surface area contributed by atoms with Crippen molar-refractivity contribution in [3.05, 3.63) is 72.3 Å². The van der Waals surface area contributed by atoms with E-state index in [0.29, 0.717) is 11.3 Å². The van der Waals surface area contributed by atoms with Crippen molar-refractivity contribution >= 4 is 34.0 Å². The van der Waals surface area contributed by atoms with Gasteiger partial charge in [-0.05, 0) is 55.0 Å². The van der Waals surface area contributed by atoms with Crippen molar-refractivity contribution in [3.63, 3.8) is 0 Å². The van der Waals surface area contributed by atoms with E-state index in [2.05, 4.69) is 24.1 Å². The second kappa shape index (κ2) is 9.04. The van der Waals surface area contributed by atoms with Gasteiger partial charge < -0.3 is 15.0 Å². The molecular formula is C23H24N2O3. The van der Waals surface area contributed by atoms with Gasteiger partial charge in [-0.1, -0.05) is 36.4 Å². The summed E-state index contributed by atoms with van der Waals surface area (Å²) < 4.78 is 5.21. The molecule has 144 valence electrons. The van der Waals surface area contributed by atoms with E-state index in [0.717, 1.165) is 29.5 Å². The number of rotatable bonds is 7. The van der Waals surface area contributed by atoms with Gasteiger partial charge in [0.05, 0.1) is 5.56 Å². The Bertz CT molecular complexity index is 958. The van der Waals surface area contributed by atoms with Crippen LogP contribution in [0, 0.1) is 0 Å². The third-order valence-electron chi connectivity index (χ3n) is 4.62. The fourth-order valence-electron chi connectivity index (χ4n) is 3.15. The fourth-order valence-corrected chi connectivity index (χ4v) is 3.15. The fraction of sp³-hybridized carbons (Fsp3) is 0.217. The Kier molecular flexibility index (Phi) is 6.27. The SMILES string of the molecule is CCN(CC)c1ccc(NC(=O)COC(=O)c2cccc3ccccc23)cc1. The highest BCUT2D eigenvalue weighted by atomic mass is 16.5. The van der Waals surface area contributed by atoms with Gasteiger partial charge in [0.25, 0.3) is 5.91 Å². The first kappa shape index (κ1) is 19.4. The van der Waals surface area contributed by atoms with Gasteiger partial charge >= 0.3 is 5.97 Å². The zero-order chi connectivity index (χ0) is 19.9. The number of hydrogen-bond acceptors (Lipinski definition) is 4. The van der Waals surface area contributed by atoms with Crippen molar-refractivity contribution in [3.8, 4) is 0 Å². The lowest BCUT2D eigenvalue weighted by molar-refractivity contribution is -0.119. The second-order valence-corrected chi connectivity index (χ2v) is 6.37. The Morgan fingerprint density at radius 3 is 2.29 bits per heavy atom. The van der Waals surface area contributed by atoms with E-state index in [1.165, 1.54) is 0 Å². The van der Waals surface area contributed by atoms with E-state index < -0.39 is 5.97 Å². The molecule has 0 atom stereocenters. The summed E-state index contributed by atoms with van der Waals surface area (Å²) >= 11 is 0. The Labute approximate surface area is 164 Å². The minimum atomic E-state index is -0.510. The molecule has 0 saturated carbocycles. The summed E-state index contributed by atoms with van der Waals surface area (Å²) in [6.07, 6.45) is 0. The average Bonchev–Trinajstić information content (AvgIpc) is 2.73. The zero-order valence-electron chi connectivity index (χ0n) is 16.1. The molecular weight excluding hydrogens is 352 g/mol. The summed E-state index contributed by atoms with van der Waals surface area (Å²) in [7, 11) is 0. The molecule has 0 spiro atoms. The molecule has 0 saturated heterocycles. The molecule has 28 heavy (non-hydrogen) atoms. The first-order valence-corrected chi connectivity index (χ1v) is 9.42. The monoisotopic (exact) mass is 376 g/mol. The van der Waals surface area contributed by atoms with E-state index in [9.17, 15) is 9.59 Å². The van der Waals surface area contributed by atoms with Gasteiger partial charge in [0.2, 0.25) is 0 Å². The zero-order valence-corrected chi connectivity index (χ0v) is 16.1. The van der Waals surface area contributed by atoms with Crippen molar-refractivity contribution in [1.82, 2.24) is 0 Å². The van der Waals surface area contributed by atoms with Crippen LogP contribution >= 0.6 is 0 Å². The summed E-state index contributed by atoms with van der Waals surface area (Å²) in [4.78, 5) is 26.8. The lowest BCUT2D eigenvalue weighted by Gasteiger charge is -2.21. The van der Waals surface area contributed by atoms with Crippen molar-refractivity contribution in [1.29, 1.82) is 0 Å². The van der Waals surface area contributed by atoms with Gasteiger partial charge in [-0.3, -0.25) is 4.79 Å². The predicted octanol–water partition coefficient (Wildman–Crippen LogP) is 4.48. The topological polar surface area (TPSA) is 58.6 Å². The summed E-state index contributed by atoms with van der Waals surface area (Å²) in [5, 5.41) is 4.51. The molecule has 5 nitrogen and oxygen atoms in total. The van der Waals surface area contributed by atoms with Gasteiger partial charge in [-0.25, -0.2) is 4.79 Å². The van der Waals surface area contributed by atoms with Gasteiger partial charge in [0.15, 0.2) is 6.61 Å². The Morgan fingerprint density at radius 1 is 0.893 bits per heavy atom. The Hall–Kier alpha value is -3.34. The van der Waals surface area contributed by atoms with Crippen molar-refractivity contribution in [2.45, 2.75) is 13.8 Å². The minimum absolute atomic E-state index is 0.333. The first-order valence-electron chi connectivity index (χ1n) is 9.42. The molecule has 0 aliphatic rings. The predicted molar refractivity (Wildman–Crippen MR) is 113 cm³/mol. The maximum atomic E-state index is 12.4. The highest BCUT2D eigenvalue weighted by Gasteiger charge is 2.13. The Balaban J connectivity index is 1.59. The number of carbonyl (C=O) groups excluding carboxylic acids is 2. The van der Waals surface area contributed by atoms with Gasteiger partial charge in [0.1, 0.15) is 0 Å². The molecule has 5 heteroatoms. The molecule has 0 aliphatic carbocycles. The van der Waals surface area contributed by atoms with Crippen LogP contribution in [0.2, 0.25) is 0 Å². The highest BCUT2D eigenvalue weighted by Crippen LogP contribution is 2.20. The molecule has 1 amide bonds. The van der Waals surface area contributed by atoms with Gasteiger partial charge in [0, 0.05) is 24.5 Å². The van der Waals surface area contributed by atoms with Crippen LogP contribution in [-0.4, -0.2) is 31.6 Å². The van der Waals surface area contributed by atoms with Gasteiger partial charge in [-0.15, -0.1) is 0 Å². The maximum absolute atomic E-state index is 12.4. The molecule has 0 aliphatic heterocycles. The number of anilines is 2. The molecule has 3 aromatic rings. The minimum Gasteiger partial charge on any atom is -0.452 e. The maximum Gasteiger partial charge on any atom is 0.339 e. The molecule has 0 heterocycles. The normalized spacial score (nSPS) is 10.5. The number of hydrogen-bond donors (Lipinski definition) is 1. The third kappa shape index (κ3) is 4.49. The van der Waals surface area contributed by atoms with E-state index in [1.807, 2.05) is 54.6 Å². The van der Waals surface area contributed by atoms with E-state index >= 15 is 0 Å². The van der Waals surface area contributed by atoms with Crippen LogP contribution in [0.15, 0.2) is 66.7 Å². The number of esters is 1. The molecule has 3 aromatic carbocycles. The second-order valence-electron chi connectivity index (χ2n) is 6.37. The molecule has 1 N–H and O–H groups in total. The first-order chi connectivity index (χ1) is 13.6. The number of amides is 1. The van der Waals surface area contributed by atoms with Crippen LogP contribution < -0.4 is 10.2 Å². The van der Waals surface area contributed by atoms with E-state index in [-0.39, 0.29) is 12.5 Å². The number of carbonyl (C=O) groups is 2. The number of nitrogens with one attached hydrogen (secondary N) is 1. The molecule has 0 aromatic heterocycles. The van der Waals surface area contributed by atoms with E-state index in [1.54, 1.807) is 12.1 Å². The van der Waals surface area contributed by atoms with Crippen LogP contribution in [0.3, 0.4) is 0 Å². The molecule has 0 bridgehead atoms. The van der Waals surface area contributed by atoms with Crippen LogP contribution in [0.1, 0.15) is 24.2 Å². The van der Waals surface area contributed by atoms with Gasteiger partial charge in [-0.2, -0.15) is 0 Å².